The van der Waals surface area contributed by atoms with Gasteiger partial charge >= 0.3 is 0 Å². The summed E-state index contributed by atoms with van der Waals surface area (Å²) in [5.41, 5.74) is 3.56. The molecule has 0 unspecified atom stereocenters. The van der Waals surface area contributed by atoms with E-state index in [0.29, 0.717) is 51.2 Å². The first-order valence-corrected chi connectivity index (χ1v) is 12.8. The van der Waals surface area contributed by atoms with Crippen LogP contribution >= 0.6 is 0 Å². The molecule has 1 aliphatic rings. The van der Waals surface area contributed by atoms with Crippen molar-refractivity contribution in [2.24, 2.45) is 7.05 Å². The topological polar surface area (TPSA) is 96.8 Å². The van der Waals surface area contributed by atoms with Gasteiger partial charge in [0.1, 0.15) is 5.82 Å². The third-order valence-corrected chi connectivity index (χ3v) is 7.94. The number of amides is 1. The van der Waals surface area contributed by atoms with Crippen LogP contribution in [0.1, 0.15) is 17.8 Å². The summed E-state index contributed by atoms with van der Waals surface area (Å²) in [4.78, 5) is 19.3. The molecule has 0 saturated carbocycles. The van der Waals surface area contributed by atoms with E-state index in [9.17, 15) is 13.2 Å². The van der Waals surface area contributed by atoms with Crippen molar-refractivity contribution in [3.63, 3.8) is 0 Å². The molecule has 2 heterocycles. The average Bonchev–Trinajstić information content (AvgIpc) is 3.17. The molecule has 182 valence electrons. The van der Waals surface area contributed by atoms with Crippen molar-refractivity contribution in [2.45, 2.75) is 24.3 Å². The number of nitrogens with zero attached hydrogens (tertiary/aromatic N) is 4. The van der Waals surface area contributed by atoms with Crippen LogP contribution in [0.25, 0.3) is 11.0 Å². The number of carbonyl (C=O) groups excluding carboxylic acids is 1. The first-order chi connectivity index (χ1) is 16.3. The van der Waals surface area contributed by atoms with Gasteiger partial charge in [-0.2, -0.15) is 4.31 Å². The maximum atomic E-state index is 13.0. The number of carbonyl (C=O) groups is 1. The quantitative estimate of drug-likeness (QED) is 0.524. The van der Waals surface area contributed by atoms with Gasteiger partial charge in [0, 0.05) is 59.3 Å². The molecule has 0 atom stereocenters. The Labute approximate surface area is 200 Å². The van der Waals surface area contributed by atoms with Crippen LogP contribution in [0, 0.1) is 0 Å². The highest BCUT2D eigenvalue weighted by atomic mass is 32.2. The van der Waals surface area contributed by atoms with Crippen LogP contribution in [0.2, 0.25) is 0 Å². The number of ether oxygens (including phenoxy) is 1. The fourth-order valence-electron chi connectivity index (χ4n) is 4.01. The van der Waals surface area contributed by atoms with E-state index in [1.54, 1.807) is 18.2 Å². The number of nitrogens with one attached hydrogen (secondary N) is 1. The Hall–Kier alpha value is -2.95. The van der Waals surface area contributed by atoms with Crippen LogP contribution in [-0.2, 0) is 39.6 Å². The first-order valence-electron chi connectivity index (χ1n) is 11.3. The summed E-state index contributed by atoms with van der Waals surface area (Å²) in [6, 6.07) is 13.0. The zero-order valence-corrected chi connectivity index (χ0v) is 20.6. The number of imidazole rings is 1. The molecule has 9 nitrogen and oxygen atoms in total. The van der Waals surface area contributed by atoms with Crippen molar-refractivity contribution in [1.82, 2.24) is 19.2 Å². The maximum Gasteiger partial charge on any atom is 0.243 e. The lowest BCUT2D eigenvalue weighted by atomic mass is 10.2. The Morgan fingerprint density at radius 1 is 1.15 bits per heavy atom. The fourth-order valence-corrected chi connectivity index (χ4v) is 5.44. The largest absolute Gasteiger partial charge is 0.379 e. The number of aromatic nitrogens is 2. The summed E-state index contributed by atoms with van der Waals surface area (Å²) in [6.45, 7) is 1.97. The predicted molar refractivity (Wildman–Crippen MR) is 131 cm³/mol. The van der Waals surface area contributed by atoms with Gasteiger partial charge < -0.3 is 19.5 Å². The summed E-state index contributed by atoms with van der Waals surface area (Å²) in [5.74, 6) is 0.679. The van der Waals surface area contributed by atoms with Gasteiger partial charge in [-0.3, -0.25) is 4.79 Å². The zero-order valence-electron chi connectivity index (χ0n) is 19.8. The minimum absolute atomic E-state index is 0.0575. The molecule has 2 aromatic carbocycles. The molecule has 34 heavy (non-hydrogen) atoms. The number of sulfonamides is 1. The monoisotopic (exact) mass is 485 g/mol. The molecular weight excluding hydrogens is 454 g/mol. The Balaban J connectivity index is 1.41. The number of anilines is 1. The molecule has 1 aromatic heterocycles. The summed E-state index contributed by atoms with van der Waals surface area (Å²) in [5, 5.41) is 2.96. The van der Waals surface area contributed by atoms with E-state index in [-0.39, 0.29) is 10.8 Å². The van der Waals surface area contributed by atoms with E-state index in [1.807, 2.05) is 54.9 Å². The van der Waals surface area contributed by atoms with Crippen molar-refractivity contribution in [3.05, 3.63) is 53.9 Å². The standard InChI is InChI=1S/C24H31N5O4S/c1-27(2)19-6-4-5-18(15-19)17-25-24(30)10-9-23-26-21-16-20(7-8-22(21)28(23)3)34(31,32)29-11-13-33-14-12-29/h4-8,15-16H,9-14,17H2,1-3H3,(H,25,30). The van der Waals surface area contributed by atoms with Gasteiger partial charge in [0.05, 0.1) is 29.1 Å². The van der Waals surface area contributed by atoms with Crippen molar-refractivity contribution in [3.8, 4) is 0 Å². The van der Waals surface area contributed by atoms with Crippen LogP contribution < -0.4 is 10.2 Å². The number of aryl methyl sites for hydroxylation is 2. The summed E-state index contributed by atoms with van der Waals surface area (Å²) in [6.07, 6.45) is 0.754. The lowest BCUT2D eigenvalue weighted by Gasteiger charge is -2.26. The van der Waals surface area contributed by atoms with Gasteiger partial charge in [-0.25, -0.2) is 13.4 Å². The van der Waals surface area contributed by atoms with Gasteiger partial charge in [-0.05, 0) is 35.9 Å². The van der Waals surface area contributed by atoms with Crippen LogP contribution in [0.15, 0.2) is 47.4 Å². The molecule has 1 saturated heterocycles. The molecule has 1 aliphatic heterocycles. The minimum atomic E-state index is -3.59. The molecule has 3 aromatic rings. The van der Waals surface area contributed by atoms with Crippen LogP contribution in [0.3, 0.4) is 0 Å². The molecule has 0 aliphatic carbocycles. The zero-order chi connectivity index (χ0) is 24.3. The second kappa shape index (κ2) is 10.1. The van der Waals surface area contributed by atoms with E-state index in [1.165, 1.54) is 4.31 Å². The van der Waals surface area contributed by atoms with Gasteiger partial charge in [0.15, 0.2) is 0 Å². The lowest BCUT2D eigenvalue weighted by molar-refractivity contribution is -0.121. The number of hydrogen-bond acceptors (Lipinski definition) is 6. The van der Waals surface area contributed by atoms with E-state index in [0.717, 1.165) is 22.6 Å². The van der Waals surface area contributed by atoms with Gasteiger partial charge in [0.25, 0.3) is 0 Å². The van der Waals surface area contributed by atoms with E-state index in [2.05, 4.69) is 10.3 Å². The smallest absolute Gasteiger partial charge is 0.243 e. The molecule has 0 radical (unpaired) electrons. The van der Waals surface area contributed by atoms with Gasteiger partial charge in [0.2, 0.25) is 15.9 Å². The van der Waals surface area contributed by atoms with Crippen molar-refractivity contribution in [2.75, 3.05) is 45.3 Å². The van der Waals surface area contributed by atoms with Gasteiger partial charge in [-0.15, -0.1) is 0 Å². The molecule has 10 heteroatoms. The molecule has 1 amide bonds. The van der Waals surface area contributed by atoms with Gasteiger partial charge in [-0.1, -0.05) is 12.1 Å². The minimum Gasteiger partial charge on any atom is -0.379 e. The van der Waals surface area contributed by atoms with Crippen molar-refractivity contribution >= 4 is 32.7 Å². The molecule has 4 rings (SSSR count). The Bertz CT molecular complexity index is 1280. The molecule has 1 N–H and O–H groups in total. The van der Waals surface area contributed by atoms with E-state index in [4.69, 9.17) is 4.74 Å². The molecular formula is C24H31N5O4S. The first kappa shape index (κ1) is 24.2. The third kappa shape index (κ3) is 5.24. The Kier molecular flexibility index (Phi) is 7.20. The number of hydrogen-bond donors (Lipinski definition) is 1. The molecule has 0 spiro atoms. The summed E-state index contributed by atoms with van der Waals surface area (Å²) in [7, 11) is 2.26. The number of morpholine rings is 1. The summed E-state index contributed by atoms with van der Waals surface area (Å²) < 4.78 is 34.6. The highest BCUT2D eigenvalue weighted by molar-refractivity contribution is 7.89. The SMILES string of the molecule is CN(C)c1cccc(CNC(=O)CCc2nc3cc(S(=O)(=O)N4CCOCC4)ccc3n2C)c1. The third-order valence-electron chi connectivity index (χ3n) is 6.05. The van der Waals surface area contributed by atoms with Crippen molar-refractivity contribution in [1.29, 1.82) is 0 Å². The highest BCUT2D eigenvalue weighted by Gasteiger charge is 2.27. The second-order valence-corrected chi connectivity index (χ2v) is 10.5. The predicted octanol–water partition coefficient (Wildman–Crippen LogP) is 1.91. The highest BCUT2D eigenvalue weighted by Crippen LogP contribution is 2.23. The van der Waals surface area contributed by atoms with Crippen LogP contribution in [0.4, 0.5) is 5.69 Å². The molecule has 0 bridgehead atoms. The van der Waals surface area contributed by atoms with Crippen molar-refractivity contribution < 1.29 is 17.9 Å². The van der Waals surface area contributed by atoms with Crippen LogP contribution in [-0.4, -0.2) is 68.6 Å². The molecule has 1 fully saturated rings. The average molecular weight is 486 g/mol. The fraction of sp³-hybridized carbons (Fsp3) is 0.417. The van der Waals surface area contributed by atoms with E-state index < -0.39 is 10.0 Å². The van der Waals surface area contributed by atoms with E-state index >= 15 is 0 Å². The Morgan fingerprint density at radius 3 is 2.65 bits per heavy atom. The normalized spacial score (nSPS) is 14.9. The number of rotatable bonds is 8. The maximum absolute atomic E-state index is 13.0. The second-order valence-electron chi connectivity index (χ2n) is 8.60. The summed E-state index contributed by atoms with van der Waals surface area (Å²) >= 11 is 0. The lowest BCUT2D eigenvalue weighted by Crippen LogP contribution is -2.40. The number of benzene rings is 2. The number of fused-ring (bicyclic) bond motifs is 1. The Morgan fingerprint density at radius 2 is 1.91 bits per heavy atom. The van der Waals surface area contributed by atoms with Crippen LogP contribution in [0.5, 0.6) is 0 Å².